The summed E-state index contributed by atoms with van der Waals surface area (Å²) in [6.07, 6.45) is 1.72. The van der Waals surface area contributed by atoms with E-state index in [-0.39, 0.29) is 24.9 Å². The average molecular weight is 583 g/mol. The zero-order chi connectivity index (χ0) is 27.8. The first-order valence-corrected chi connectivity index (χ1v) is 14.3. The molecule has 11 heteroatoms. The molecular weight excluding hydrogens is 556 g/mol. The second-order valence-electron chi connectivity index (χ2n) is 8.30. The normalized spacial score (nSPS) is 10.7. The quantitative estimate of drug-likeness (QED) is 0.114. The van der Waals surface area contributed by atoms with Crippen molar-refractivity contribution in [3.8, 4) is 16.9 Å². The summed E-state index contributed by atoms with van der Waals surface area (Å²) in [6, 6.07) is 15.1. The number of hydrogen-bond acceptors (Lipinski definition) is 8. The van der Waals surface area contributed by atoms with Gasteiger partial charge in [-0.3, -0.25) is 9.36 Å². The van der Waals surface area contributed by atoms with Crippen LogP contribution >= 0.6 is 34.7 Å². The number of aromatic nitrogens is 3. The van der Waals surface area contributed by atoms with E-state index in [1.165, 1.54) is 23.1 Å². The van der Waals surface area contributed by atoms with E-state index in [1.807, 2.05) is 59.3 Å². The van der Waals surface area contributed by atoms with Crippen LogP contribution in [0.3, 0.4) is 0 Å². The highest BCUT2D eigenvalue weighted by atomic mass is 35.5. The van der Waals surface area contributed by atoms with E-state index in [0.29, 0.717) is 44.4 Å². The number of aryl methyl sites for hydroxylation is 1. The largest absolute Gasteiger partial charge is 0.484 e. The van der Waals surface area contributed by atoms with Crippen LogP contribution in [-0.4, -0.2) is 39.0 Å². The van der Waals surface area contributed by atoms with Gasteiger partial charge in [-0.1, -0.05) is 65.8 Å². The third-order valence-corrected chi connectivity index (χ3v) is 7.66. The van der Waals surface area contributed by atoms with E-state index in [1.54, 1.807) is 19.1 Å². The molecule has 0 aliphatic carbocycles. The highest BCUT2D eigenvalue weighted by Crippen LogP contribution is 2.36. The van der Waals surface area contributed by atoms with Crippen LogP contribution in [0.1, 0.15) is 28.7 Å². The zero-order valence-electron chi connectivity index (χ0n) is 21.5. The smallest absolute Gasteiger partial charge is 0.341 e. The van der Waals surface area contributed by atoms with Gasteiger partial charge in [-0.15, -0.1) is 28.1 Å². The maximum atomic E-state index is 12.9. The second-order valence-corrected chi connectivity index (χ2v) is 10.5. The summed E-state index contributed by atoms with van der Waals surface area (Å²) in [5, 5.41) is 14.7. The van der Waals surface area contributed by atoms with Gasteiger partial charge in [-0.05, 0) is 37.1 Å². The van der Waals surface area contributed by atoms with E-state index >= 15 is 0 Å². The Hall–Kier alpha value is -3.60. The van der Waals surface area contributed by atoms with Crippen LogP contribution < -0.4 is 10.1 Å². The number of nitrogens with zero attached hydrogens (tertiary/aromatic N) is 3. The van der Waals surface area contributed by atoms with E-state index in [0.717, 1.165) is 11.1 Å². The molecule has 2 aromatic carbocycles. The Labute approximate surface area is 240 Å². The lowest BCUT2D eigenvalue weighted by molar-refractivity contribution is -0.113. The maximum Gasteiger partial charge on any atom is 0.341 e. The van der Waals surface area contributed by atoms with Gasteiger partial charge in [0.1, 0.15) is 22.9 Å². The van der Waals surface area contributed by atoms with Gasteiger partial charge in [0, 0.05) is 17.5 Å². The fourth-order valence-corrected chi connectivity index (χ4v) is 5.60. The number of carbonyl (C=O) groups is 2. The molecule has 0 aliphatic rings. The molecule has 202 valence electrons. The van der Waals surface area contributed by atoms with Crippen molar-refractivity contribution in [3.63, 3.8) is 0 Å². The molecule has 39 heavy (non-hydrogen) atoms. The molecule has 0 unspecified atom stereocenters. The van der Waals surface area contributed by atoms with Gasteiger partial charge in [-0.25, -0.2) is 4.79 Å². The van der Waals surface area contributed by atoms with Crippen LogP contribution in [0.15, 0.2) is 71.7 Å². The van der Waals surface area contributed by atoms with Crippen molar-refractivity contribution in [3.05, 3.63) is 88.5 Å². The molecule has 4 aromatic rings. The Kier molecular flexibility index (Phi) is 9.80. The van der Waals surface area contributed by atoms with Crippen molar-refractivity contribution >= 4 is 51.6 Å². The minimum atomic E-state index is -0.482. The first-order chi connectivity index (χ1) is 18.9. The Bertz CT molecular complexity index is 1470. The summed E-state index contributed by atoms with van der Waals surface area (Å²) in [5.41, 5.74) is 2.95. The van der Waals surface area contributed by atoms with Crippen LogP contribution in [0.25, 0.3) is 11.1 Å². The molecule has 1 amide bonds. The number of halogens is 1. The summed E-state index contributed by atoms with van der Waals surface area (Å²) >= 11 is 8.75. The lowest BCUT2D eigenvalue weighted by Gasteiger charge is -2.11. The van der Waals surface area contributed by atoms with Gasteiger partial charge in [0.2, 0.25) is 5.91 Å². The minimum Gasteiger partial charge on any atom is -0.484 e. The molecule has 8 nitrogen and oxygen atoms in total. The fraction of sp³-hybridized carbons (Fsp3) is 0.214. The SMILES string of the molecule is C=CCn1c(COc2cc(C)ccc2Cl)nnc1SCC(=O)Nc1scc(-c2ccccc2)c1C(=O)OCC. The summed E-state index contributed by atoms with van der Waals surface area (Å²) in [4.78, 5) is 25.7. The average Bonchev–Trinajstić information content (AvgIpc) is 3.52. The van der Waals surface area contributed by atoms with Crippen molar-refractivity contribution in [2.75, 3.05) is 17.7 Å². The predicted molar refractivity (Wildman–Crippen MR) is 156 cm³/mol. The van der Waals surface area contributed by atoms with Gasteiger partial charge in [-0.2, -0.15) is 0 Å². The summed E-state index contributed by atoms with van der Waals surface area (Å²) in [6.45, 7) is 8.33. The third kappa shape index (κ3) is 7.08. The Morgan fingerprint density at radius 2 is 2.00 bits per heavy atom. The van der Waals surface area contributed by atoms with E-state index < -0.39 is 5.97 Å². The number of rotatable bonds is 12. The predicted octanol–water partition coefficient (Wildman–Crippen LogP) is 6.64. The molecule has 0 atom stereocenters. The van der Waals surface area contributed by atoms with Crippen LogP contribution in [-0.2, 0) is 22.7 Å². The number of nitrogens with one attached hydrogen (secondary N) is 1. The summed E-state index contributed by atoms with van der Waals surface area (Å²) < 4.78 is 13.0. The van der Waals surface area contributed by atoms with E-state index in [4.69, 9.17) is 21.1 Å². The van der Waals surface area contributed by atoms with Gasteiger partial charge < -0.3 is 14.8 Å². The third-order valence-electron chi connectivity index (χ3n) is 5.49. The number of hydrogen-bond donors (Lipinski definition) is 1. The second kappa shape index (κ2) is 13.5. The Morgan fingerprint density at radius 3 is 2.74 bits per heavy atom. The molecule has 4 rings (SSSR count). The number of esters is 1. The number of ether oxygens (including phenoxy) is 2. The molecule has 2 aromatic heterocycles. The number of anilines is 1. The van der Waals surface area contributed by atoms with Crippen LogP contribution in [0, 0.1) is 6.92 Å². The molecule has 1 N–H and O–H groups in total. The Morgan fingerprint density at radius 1 is 1.21 bits per heavy atom. The molecule has 0 aliphatic heterocycles. The van der Waals surface area contributed by atoms with Crippen LogP contribution in [0.5, 0.6) is 5.75 Å². The van der Waals surface area contributed by atoms with Gasteiger partial charge in [0.25, 0.3) is 0 Å². The lowest BCUT2D eigenvalue weighted by Crippen LogP contribution is -2.17. The number of allylic oxidation sites excluding steroid dienone is 1. The highest BCUT2D eigenvalue weighted by molar-refractivity contribution is 7.99. The molecule has 0 spiro atoms. The Balaban J connectivity index is 1.45. The monoisotopic (exact) mass is 582 g/mol. The summed E-state index contributed by atoms with van der Waals surface area (Å²) in [7, 11) is 0. The number of thiophene rings is 1. The van der Waals surface area contributed by atoms with Crippen molar-refractivity contribution in [1.82, 2.24) is 14.8 Å². The minimum absolute atomic E-state index is 0.0562. The zero-order valence-corrected chi connectivity index (χ0v) is 23.9. The van der Waals surface area contributed by atoms with Crippen molar-refractivity contribution in [1.29, 1.82) is 0 Å². The molecule has 0 saturated carbocycles. The number of thioether (sulfide) groups is 1. The number of carbonyl (C=O) groups excluding carboxylic acids is 2. The van der Waals surface area contributed by atoms with E-state index in [2.05, 4.69) is 22.1 Å². The van der Waals surface area contributed by atoms with Crippen molar-refractivity contribution < 1.29 is 19.1 Å². The molecule has 2 heterocycles. The van der Waals surface area contributed by atoms with Crippen LogP contribution in [0.4, 0.5) is 5.00 Å². The molecule has 0 radical (unpaired) electrons. The number of benzene rings is 2. The van der Waals surface area contributed by atoms with Gasteiger partial charge >= 0.3 is 5.97 Å². The molecule has 0 saturated heterocycles. The van der Waals surface area contributed by atoms with Gasteiger partial charge in [0.05, 0.1) is 17.4 Å². The lowest BCUT2D eigenvalue weighted by atomic mass is 10.0. The van der Waals surface area contributed by atoms with Crippen molar-refractivity contribution in [2.24, 2.45) is 0 Å². The molecular formula is C28H27ClN4O4S2. The standard InChI is InChI=1S/C28H27ClN4O4S2/c1-4-13-33-23(15-37-22-14-18(3)11-12-21(22)29)31-32-28(33)39-17-24(34)30-26-25(27(35)36-5-2)20(16-38-26)19-9-7-6-8-10-19/h4,6-12,14,16H,1,5,13,15,17H2,2-3H3,(H,30,34). The van der Waals surface area contributed by atoms with Crippen LogP contribution in [0.2, 0.25) is 5.02 Å². The molecule has 0 fully saturated rings. The van der Waals surface area contributed by atoms with E-state index in [9.17, 15) is 9.59 Å². The first kappa shape index (κ1) is 28.4. The topological polar surface area (TPSA) is 95.3 Å². The van der Waals surface area contributed by atoms with Crippen molar-refractivity contribution in [2.45, 2.75) is 32.2 Å². The maximum absolute atomic E-state index is 12.9. The fourth-order valence-electron chi connectivity index (χ4n) is 3.69. The van der Waals surface area contributed by atoms with Gasteiger partial charge in [0.15, 0.2) is 11.0 Å². The molecule has 0 bridgehead atoms. The highest BCUT2D eigenvalue weighted by Gasteiger charge is 2.23. The first-order valence-electron chi connectivity index (χ1n) is 12.1. The number of amides is 1. The summed E-state index contributed by atoms with van der Waals surface area (Å²) in [5.74, 6) is 0.419.